The SMILES string of the molecule is CC(C)(C)S(C)(C)/C=C\Br. The van der Waals surface area contributed by atoms with E-state index in [0.29, 0.717) is 4.75 Å². The standard InChI is InChI=1S/C8H17BrS/c1-8(2,3)10(4,5)7-6-9/h6-7H,1-5H3/b7-6-. The molecule has 10 heavy (non-hydrogen) atoms. The molecule has 0 aromatic heterocycles. The lowest BCUT2D eigenvalue weighted by Gasteiger charge is -2.41. The Balaban J connectivity index is 4.40. The lowest BCUT2D eigenvalue weighted by atomic mass is 10.3. The quantitative estimate of drug-likeness (QED) is 0.638. The fourth-order valence-electron chi connectivity index (χ4n) is 0.333. The largest absolute Gasteiger partial charge is 0.222 e. The zero-order valence-corrected chi connectivity index (χ0v) is 9.84. The van der Waals surface area contributed by atoms with Crippen molar-refractivity contribution in [2.75, 3.05) is 12.5 Å². The zero-order chi connectivity index (χ0) is 8.41. The molecule has 0 radical (unpaired) electrons. The Morgan fingerprint density at radius 1 is 1.20 bits per heavy atom. The lowest BCUT2D eigenvalue weighted by Crippen LogP contribution is -2.20. The summed E-state index contributed by atoms with van der Waals surface area (Å²) < 4.78 is 0.414. The second-order valence-electron chi connectivity index (χ2n) is 3.78. The van der Waals surface area contributed by atoms with Crippen molar-refractivity contribution in [2.45, 2.75) is 25.5 Å². The first kappa shape index (κ1) is 10.6. The Labute approximate surface area is 74.5 Å². The molecular formula is C8H17BrS. The fraction of sp³-hybridized carbons (Fsp3) is 0.750. The van der Waals surface area contributed by atoms with E-state index >= 15 is 0 Å². The molecule has 0 aromatic rings. The van der Waals surface area contributed by atoms with Gasteiger partial charge in [-0.05, 0) is 27.7 Å². The first-order valence-electron chi connectivity index (χ1n) is 3.31. The predicted molar refractivity (Wildman–Crippen MR) is 57.3 cm³/mol. The molecule has 0 aliphatic heterocycles. The van der Waals surface area contributed by atoms with Gasteiger partial charge in [0.05, 0.1) is 0 Å². The van der Waals surface area contributed by atoms with E-state index in [9.17, 15) is 0 Å². The second kappa shape index (κ2) is 3.31. The van der Waals surface area contributed by atoms with Gasteiger partial charge < -0.3 is 0 Å². The predicted octanol–water partition coefficient (Wildman–Crippen LogP) is 3.72. The van der Waals surface area contributed by atoms with Crippen molar-refractivity contribution in [3.63, 3.8) is 0 Å². The Morgan fingerprint density at radius 3 is 1.70 bits per heavy atom. The number of hydrogen-bond acceptors (Lipinski definition) is 0. The van der Waals surface area contributed by atoms with Gasteiger partial charge in [-0.3, -0.25) is 0 Å². The molecule has 0 saturated carbocycles. The van der Waals surface area contributed by atoms with Crippen LogP contribution in [0.25, 0.3) is 0 Å². The summed E-state index contributed by atoms with van der Waals surface area (Å²) in [5, 5.41) is 2.27. The van der Waals surface area contributed by atoms with Crippen LogP contribution in [0.5, 0.6) is 0 Å². The number of rotatable bonds is 1. The highest BCUT2D eigenvalue weighted by molar-refractivity contribution is 9.11. The van der Waals surface area contributed by atoms with Crippen molar-refractivity contribution in [2.24, 2.45) is 0 Å². The van der Waals surface area contributed by atoms with Crippen LogP contribution in [0, 0.1) is 0 Å². The molecule has 0 unspecified atom stereocenters. The second-order valence-corrected chi connectivity index (χ2v) is 8.62. The van der Waals surface area contributed by atoms with Gasteiger partial charge in [-0.1, -0.05) is 36.7 Å². The smallest absolute Gasteiger partial charge is 0.00541 e. The molecule has 0 aromatic carbocycles. The zero-order valence-electron chi connectivity index (χ0n) is 7.44. The van der Waals surface area contributed by atoms with Crippen LogP contribution < -0.4 is 0 Å². The first-order valence-corrected chi connectivity index (χ1v) is 6.74. The van der Waals surface area contributed by atoms with E-state index in [1.807, 2.05) is 4.99 Å². The number of hydrogen-bond donors (Lipinski definition) is 0. The van der Waals surface area contributed by atoms with Gasteiger partial charge in [-0.25, -0.2) is 10.0 Å². The van der Waals surface area contributed by atoms with Crippen LogP contribution in [0.1, 0.15) is 20.8 Å². The van der Waals surface area contributed by atoms with E-state index < -0.39 is 10.0 Å². The van der Waals surface area contributed by atoms with Crippen molar-refractivity contribution in [3.05, 3.63) is 10.4 Å². The Bertz CT molecular complexity index is 131. The molecule has 0 atom stereocenters. The molecule has 0 N–H and O–H groups in total. The number of halogens is 1. The average molecular weight is 225 g/mol. The highest BCUT2D eigenvalue weighted by Gasteiger charge is 2.24. The van der Waals surface area contributed by atoms with Crippen LogP contribution in [0.4, 0.5) is 0 Å². The van der Waals surface area contributed by atoms with Crippen LogP contribution in [0.3, 0.4) is 0 Å². The van der Waals surface area contributed by atoms with Crippen LogP contribution in [-0.4, -0.2) is 17.3 Å². The van der Waals surface area contributed by atoms with Gasteiger partial charge in [0.15, 0.2) is 0 Å². The van der Waals surface area contributed by atoms with Crippen molar-refractivity contribution >= 4 is 26.0 Å². The van der Waals surface area contributed by atoms with Gasteiger partial charge in [-0.15, -0.1) is 0 Å². The summed E-state index contributed by atoms with van der Waals surface area (Å²) in [7, 11) is -0.575. The Hall–Kier alpha value is 0.570. The molecule has 0 saturated heterocycles. The van der Waals surface area contributed by atoms with Crippen LogP contribution in [-0.2, 0) is 0 Å². The molecule has 0 aliphatic rings. The highest BCUT2D eigenvalue weighted by atomic mass is 79.9. The first-order chi connectivity index (χ1) is 4.31. The van der Waals surface area contributed by atoms with E-state index in [0.717, 1.165) is 0 Å². The van der Waals surface area contributed by atoms with Crippen LogP contribution in [0.2, 0.25) is 0 Å². The summed E-state index contributed by atoms with van der Waals surface area (Å²) in [5.74, 6) is 0. The Morgan fingerprint density at radius 2 is 1.60 bits per heavy atom. The summed E-state index contributed by atoms with van der Waals surface area (Å²) >= 11 is 3.32. The summed E-state index contributed by atoms with van der Waals surface area (Å²) in [6.07, 6.45) is 4.65. The molecule has 0 amide bonds. The van der Waals surface area contributed by atoms with Gasteiger partial charge >= 0.3 is 0 Å². The minimum Gasteiger partial charge on any atom is -0.222 e. The van der Waals surface area contributed by atoms with Gasteiger partial charge in [0.25, 0.3) is 0 Å². The molecule has 0 rings (SSSR count). The van der Waals surface area contributed by atoms with Crippen LogP contribution >= 0.6 is 26.0 Å². The monoisotopic (exact) mass is 224 g/mol. The minimum absolute atomic E-state index is 0.414. The third-order valence-electron chi connectivity index (χ3n) is 1.97. The van der Waals surface area contributed by atoms with Crippen molar-refractivity contribution < 1.29 is 0 Å². The lowest BCUT2D eigenvalue weighted by molar-refractivity contribution is 0.793. The highest BCUT2D eigenvalue weighted by Crippen LogP contribution is 2.54. The van der Waals surface area contributed by atoms with Crippen molar-refractivity contribution in [1.29, 1.82) is 0 Å². The van der Waals surface area contributed by atoms with E-state index in [1.54, 1.807) is 0 Å². The molecule has 2 heteroatoms. The normalized spacial score (nSPS) is 16.2. The third kappa shape index (κ3) is 2.67. The average Bonchev–Trinajstić information content (AvgIpc) is 1.61. The van der Waals surface area contributed by atoms with E-state index in [1.165, 1.54) is 0 Å². The minimum atomic E-state index is -0.575. The van der Waals surface area contributed by atoms with E-state index in [-0.39, 0.29) is 0 Å². The van der Waals surface area contributed by atoms with Gasteiger partial charge in [0.1, 0.15) is 0 Å². The molecule has 0 aliphatic carbocycles. The molecule has 0 heterocycles. The van der Waals surface area contributed by atoms with Gasteiger partial charge in [-0.2, -0.15) is 0 Å². The summed E-state index contributed by atoms with van der Waals surface area (Å²) in [6, 6.07) is 0. The fourth-order valence-corrected chi connectivity index (χ4v) is 2.62. The van der Waals surface area contributed by atoms with E-state index in [4.69, 9.17) is 0 Å². The van der Waals surface area contributed by atoms with Gasteiger partial charge in [0.2, 0.25) is 0 Å². The Kier molecular flexibility index (Phi) is 3.50. The maximum atomic E-state index is 3.32. The summed E-state index contributed by atoms with van der Waals surface area (Å²) in [4.78, 5) is 1.98. The summed E-state index contributed by atoms with van der Waals surface area (Å²) in [5.41, 5.74) is 0. The maximum absolute atomic E-state index is 3.32. The van der Waals surface area contributed by atoms with Gasteiger partial charge in [0, 0.05) is 0 Å². The molecular weight excluding hydrogens is 208 g/mol. The third-order valence-corrected chi connectivity index (χ3v) is 6.56. The van der Waals surface area contributed by atoms with E-state index in [2.05, 4.69) is 54.6 Å². The maximum Gasteiger partial charge on any atom is -0.00541 e. The van der Waals surface area contributed by atoms with Crippen LogP contribution in [0.15, 0.2) is 10.4 Å². The molecule has 0 fully saturated rings. The molecule has 0 spiro atoms. The molecule has 62 valence electrons. The van der Waals surface area contributed by atoms with Crippen molar-refractivity contribution in [3.8, 4) is 0 Å². The van der Waals surface area contributed by atoms with Crippen molar-refractivity contribution in [1.82, 2.24) is 0 Å². The molecule has 0 bridgehead atoms. The molecule has 0 nitrogen and oxygen atoms in total. The summed E-state index contributed by atoms with van der Waals surface area (Å²) in [6.45, 7) is 6.86. The topological polar surface area (TPSA) is 0 Å².